The number of benzene rings is 1. The van der Waals surface area contributed by atoms with E-state index in [4.69, 9.17) is 21.4 Å². The van der Waals surface area contributed by atoms with Crippen molar-refractivity contribution in [1.29, 1.82) is 0 Å². The summed E-state index contributed by atoms with van der Waals surface area (Å²) in [5, 5.41) is 9.19. The van der Waals surface area contributed by atoms with Gasteiger partial charge in [0.15, 0.2) is 0 Å². The molecule has 92 valence electrons. The number of pyridine rings is 1. The highest BCUT2D eigenvalue weighted by Crippen LogP contribution is 2.33. The standard InChI is InChI=1S/C13H10ClNO3/c1-18-12-7-10(14)8(13(16)17)6-9(12)11-4-2-3-5-15-11/h2-7H,1H3,(H,16,17). The van der Waals surface area contributed by atoms with Gasteiger partial charge in [-0.2, -0.15) is 0 Å². The highest BCUT2D eigenvalue weighted by atomic mass is 35.5. The van der Waals surface area contributed by atoms with Crippen LogP contribution in [0.5, 0.6) is 5.75 Å². The Balaban J connectivity index is 2.65. The Morgan fingerprint density at radius 3 is 2.72 bits per heavy atom. The molecule has 4 nitrogen and oxygen atoms in total. The zero-order chi connectivity index (χ0) is 13.1. The Morgan fingerprint density at radius 2 is 2.17 bits per heavy atom. The van der Waals surface area contributed by atoms with E-state index in [1.165, 1.54) is 19.2 Å². The van der Waals surface area contributed by atoms with Gasteiger partial charge in [-0.1, -0.05) is 17.7 Å². The molecule has 0 bridgehead atoms. The summed E-state index contributed by atoms with van der Waals surface area (Å²) in [5.41, 5.74) is 1.26. The van der Waals surface area contributed by atoms with Crippen LogP contribution in [0, 0.1) is 0 Å². The van der Waals surface area contributed by atoms with E-state index >= 15 is 0 Å². The number of carboxylic acid groups (broad SMARTS) is 1. The van der Waals surface area contributed by atoms with E-state index in [1.54, 1.807) is 18.3 Å². The van der Waals surface area contributed by atoms with Gasteiger partial charge in [-0.05, 0) is 18.2 Å². The maximum absolute atomic E-state index is 11.1. The van der Waals surface area contributed by atoms with Crippen molar-refractivity contribution in [1.82, 2.24) is 4.98 Å². The van der Waals surface area contributed by atoms with E-state index in [2.05, 4.69) is 4.98 Å². The van der Waals surface area contributed by atoms with E-state index < -0.39 is 5.97 Å². The van der Waals surface area contributed by atoms with Crippen LogP contribution >= 0.6 is 11.6 Å². The molecular formula is C13H10ClNO3. The van der Waals surface area contributed by atoms with Crippen LogP contribution in [0.4, 0.5) is 0 Å². The van der Waals surface area contributed by atoms with Gasteiger partial charge >= 0.3 is 5.97 Å². The first-order valence-corrected chi connectivity index (χ1v) is 5.53. The number of carbonyl (C=O) groups is 1. The summed E-state index contributed by atoms with van der Waals surface area (Å²) in [4.78, 5) is 15.2. The van der Waals surface area contributed by atoms with Gasteiger partial charge in [-0.3, -0.25) is 4.98 Å². The van der Waals surface area contributed by atoms with Crippen molar-refractivity contribution in [3.63, 3.8) is 0 Å². The second-order valence-corrected chi connectivity index (χ2v) is 3.96. The van der Waals surface area contributed by atoms with Crippen LogP contribution in [-0.2, 0) is 0 Å². The molecule has 0 fully saturated rings. The maximum atomic E-state index is 11.1. The Bertz CT molecular complexity index is 584. The second-order valence-electron chi connectivity index (χ2n) is 3.55. The molecule has 0 spiro atoms. The summed E-state index contributed by atoms with van der Waals surface area (Å²) < 4.78 is 5.20. The van der Waals surface area contributed by atoms with Gasteiger partial charge in [0.05, 0.1) is 23.4 Å². The summed E-state index contributed by atoms with van der Waals surface area (Å²) in [7, 11) is 1.50. The molecule has 0 aliphatic rings. The van der Waals surface area contributed by atoms with Crippen LogP contribution in [0.2, 0.25) is 5.02 Å². The molecule has 1 heterocycles. The molecule has 0 unspecified atom stereocenters. The Kier molecular flexibility index (Phi) is 3.48. The summed E-state index contributed by atoms with van der Waals surface area (Å²) >= 11 is 5.88. The minimum atomic E-state index is -1.08. The lowest BCUT2D eigenvalue weighted by atomic mass is 10.1. The third-order valence-corrected chi connectivity index (χ3v) is 2.77. The van der Waals surface area contributed by atoms with Crippen LogP contribution < -0.4 is 4.74 Å². The minimum Gasteiger partial charge on any atom is -0.496 e. The Labute approximate surface area is 109 Å². The van der Waals surface area contributed by atoms with Crippen LogP contribution in [0.1, 0.15) is 10.4 Å². The third-order valence-electron chi connectivity index (χ3n) is 2.46. The molecule has 0 aliphatic carbocycles. The monoisotopic (exact) mass is 263 g/mol. The fourth-order valence-electron chi connectivity index (χ4n) is 1.61. The van der Waals surface area contributed by atoms with Gasteiger partial charge in [0.2, 0.25) is 0 Å². The Hall–Kier alpha value is -2.07. The largest absolute Gasteiger partial charge is 0.496 e. The lowest BCUT2D eigenvalue weighted by Crippen LogP contribution is -2.00. The molecule has 1 N–H and O–H groups in total. The van der Waals surface area contributed by atoms with Crippen molar-refractivity contribution in [2.45, 2.75) is 0 Å². The fourth-order valence-corrected chi connectivity index (χ4v) is 1.84. The summed E-state index contributed by atoms with van der Waals surface area (Å²) in [5.74, 6) is -0.594. The molecule has 0 saturated heterocycles. The summed E-state index contributed by atoms with van der Waals surface area (Å²) in [6.07, 6.45) is 1.63. The summed E-state index contributed by atoms with van der Waals surface area (Å²) in [6.45, 7) is 0. The van der Waals surface area contributed by atoms with Crippen LogP contribution in [0.3, 0.4) is 0 Å². The topological polar surface area (TPSA) is 59.4 Å². The van der Waals surface area contributed by atoms with Gasteiger partial charge in [0.1, 0.15) is 5.75 Å². The first-order chi connectivity index (χ1) is 8.63. The average Bonchev–Trinajstić information content (AvgIpc) is 2.39. The van der Waals surface area contributed by atoms with E-state index in [0.29, 0.717) is 17.0 Å². The van der Waals surface area contributed by atoms with Crippen molar-refractivity contribution in [2.24, 2.45) is 0 Å². The molecule has 0 aliphatic heterocycles. The number of methoxy groups -OCH3 is 1. The number of rotatable bonds is 3. The smallest absolute Gasteiger partial charge is 0.337 e. The average molecular weight is 264 g/mol. The van der Waals surface area contributed by atoms with E-state index in [9.17, 15) is 4.79 Å². The zero-order valence-corrected chi connectivity index (χ0v) is 10.3. The molecule has 5 heteroatoms. The molecule has 18 heavy (non-hydrogen) atoms. The molecule has 1 aromatic carbocycles. The van der Waals surface area contributed by atoms with Crippen molar-refractivity contribution in [3.8, 4) is 17.0 Å². The Morgan fingerprint density at radius 1 is 1.39 bits per heavy atom. The van der Waals surface area contributed by atoms with Crippen molar-refractivity contribution >= 4 is 17.6 Å². The molecule has 1 aromatic heterocycles. The summed E-state index contributed by atoms with van der Waals surface area (Å²) in [6, 6.07) is 8.32. The SMILES string of the molecule is COc1cc(Cl)c(C(=O)O)cc1-c1ccccn1. The molecular weight excluding hydrogens is 254 g/mol. The van der Waals surface area contributed by atoms with Crippen LogP contribution in [0.25, 0.3) is 11.3 Å². The quantitative estimate of drug-likeness (QED) is 0.924. The van der Waals surface area contributed by atoms with E-state index in [-0.39, 0.29) is 10.6 Å². The number of halogens is 1. The fraction of sp³-hybridized carbons (Fsp3) is 0.0769. The highest BCUT2D eigenvalue weighted by molar-refractivity contribution is 6.33. The predicted octanol–water partition coefficient (Wildman–Crippen LogP) is 3.11. The number of nitrogens with zero attached hydrogens (tertiary/aromatic N) is 1. The predicted molar refractivity (Wildman–Crippen MR) is 68.2 cm³/mol. The molecule has 2 rings (SSSR count). The minimum absolute atomic E-state index is 0.0260. The van der Waals surface area contributed by atoms with Crippen molar-refractivity contribution in [3.05, 3.63) is 47.1 Å². The van der Waals surface area contributed by atoms with Gasteiger partial charge in [-0.15, -0.1) is 0 Å². The number of carboxylic acids is 1. The number of aromatic carboxylic acids is 1. The number of aromatic nitrogens is 1. The molecule has 0 radical (unpaired) electrons. The van der Waals surface area contributed by atoms with Crippen LogP contribution in [0.15, 0.2) is 36.5 Å². The molecule has 0 saturated carbocycles. The number of ether oxygens (including phenoxy) is 1. The lowest BCUT2D eigenvalue weighted by Gasteiger charge is -2.10. The molecule has 0 amide bonds. The van der Waals surface area contributed by atoms with Crippen LogP contribution in [-0.4, -0.2) is 23.2 Å². The maximum Gasteiger partial charge on any atom is 0.337 e. The second kappa shape index (κ2) is 5.06. The first kappa shape index (κ1) is 12.4. The first-order valence-electron chi connectivity index (χ1n) is 5.15. The highest BCUT2D eigenvalue weighted by Gasteiger charge is 2.15. The zero-order valence-electron chi connectivity index (χ0n) is 9.55. The molecule has 0 atom stereocenters. The molecule has 2 aromatic rings. The number of hydrogen-bond acceptors (Lipinski definition) is 3. The normalized spacial score (nSPS) is 10.1. The van der Waals surface area contributed by atoms with Gasteiger partial charge in [-0.25, -0.2) is 4.79 Å². The van der Waals surface area contributed by atoms with Gasteiger partial charge in [0.25, 0.3) is 0 Å². The van der Waals surface area contributed by atoms with E-state index in [1.807, 2.05) is 6.07 Å². The van der Waals surface area contributed by atoms with Crippen molar-refractivity contribution in [2.75, 3.05) is 7.11 Å². The lowest BCUT2D eigenvalue weighted by molar-refractivity contribution is 0.0697. The van der Waals surface area contributed by atoms with Crippen molar-refractivity contribution < 1.29 is 14.6 Å². The third kappa shape index (κ3) is 2.28. The van der Waals surface area contributed by atoms with Gasteiger partial charge in [0, 0.05) is 17.8 Å². The van der Waals surface area contributed by atoms with E-state index in [0.717, 1.165) is 0 Å². The number of hydrogen-bond donors (Lipinski definition) is 1. The van der Waals surface area contributed by atoms with Gasteiger partial charge < -0.3 is 9.84 Å².